The quantitative estimate of drug-likeness (QED) is 0.924. The minimum Gasteiger partial charge on any atom is -0.493 e. The molecular formula is C19H20FNO3. The van der Waals surface area contributed by atoms with Crippen molar-refractivity contribution in [2.24, 2.45) is 5.92 Å². The van der Waals surface area contributed by atoms with Crippen LogP contribution in [0.2, 0.25) is 0 Å². The molecule has 24 heavy (non-hydrogen) atoms. The third-order valence-electron chi connectivity index (χ3n) is 3.30. The Morgan fingerprint density at radius 3 is 3.00 bits per heavy atom. The maximum absolute atomic E-state index is 14.3. The van der Waals surface area contributed by atoms with Gasteiger partial charge in [-0.15, -0.1) is 0 Å². The predicted octanol–water partition coefficient (Wildman–Crippen LogP) is 3.33. The van der Waals surface area contributed by atoms with Gasteiger partial charge in [-0.25, -0.2) is 4.39 Å². The van der Waals surface area contributed by atoms with Crippen molar-refractivity contribution in [3.05, 3.63) is 53.7 Å². The van der Waals surface area contributed by atoms with Crippen molar-refractivity contribution in [1.29, 1.82) is 0 Å². The summed E-state index contributed by atoms with van der Waals surface area (Å²) in [5, 5.41) is 1.78. The third-order valence-corrected chi connectivity index (χ3v) is 3.30. The minimum absolute atomic E-state index is 0.0464. The first-order valence-electron chi connectivity index (χ1n) is 13.9. The lowest BCUT2D eigenvalue weighted by Gasteiger charge is -2.32. The van der Waals surface area contributed by atoms with Gasteiger partial charge < -0.3 is 19.5 Å². The van der Waals surface area contributed by atoms with Crippen LogP contribution in [-0.2, 0) is 0 Å². The maximum Gasteiger partial charge on any atom is 0.231 e. The zero-order valence-electron chi connectivity index (χ0n) is 26.0. The van der Waals surface area contributed by atoms with Gasteiger partial charge >= 0.3 is 0 Å². The summed E-state index contributed by atoms with van der Waals surface area (Å²) < 4.78 is 144. The Morgan fingerprint density at radius 1 is 1.29 bits per heavy atom. The lowest BCUT2D eigenvalue weighted by molar-refractivity contribution is 0.173. The summed E-state index contributed by atoms with van der Waals surface area (Å²) in [6.45, 7) is -12.1. The zero-order valence-corrected chi connectivity index (χ0v) is 12.0. The molecule has 1 unspecified atom stereocenters. The highest BCUT2D eigenvalue weighted by Gasteiger charge is 2.27. The number of piperidine rings is 1. The van der Waals surface area contributed by atoms with Gasteiger partial charge in [0.05, 0.1) is 14.8 Å². The summed E-state index contributed by atoms with van der Waals surface area (Å²) in [7, 11) is 0. The Hall–Kier alpha value is -2.27. The van der Waals surface area contributed by atoms with Gasteiger partial charge in [-0.1, -0.05) is 12.1 Å². The molecule has 1 N–H and O–H groups in total. The van der Waals surface area contributed by atoms with E-state index in [4.69, 9.17) is 33.4 Å². The number of halogens is 1. The van der Waals surface area contributed by atoms with Crippen LogP contribution in [0.3, 0.4) is 0 Å². The first-order chi connectivity index (χ1) is 17.1. The molecule has 2 heterocycles. The molecule has 2 atom stereocenters. The standard InChI is InChI=1S/C19H20FNO3/c20-15-3-1-13(2-4-15)17-7-8-21-10-14(17)11-22-16-5-6-18-19(9-16)24-12-23-18/h1-6,9,14,17,21H,7-8,10-12H2/t14-,17?/m0/s1/i1D,2D,3D,4D,7D2,8D2,10D2,11D2,12D2. The zero-order chi connectivity index (χ0) is 28.8. The Kier molecular flexibility index (Phi) is 1.74. The number of hydrogen-bond acceptors (Lipinski definition) is 4. The van der Waals surface area contributed by atoms with Crippen LogP contribution in [-0.4, -0.2) is 26.3 Å². The average Bonchev–Trinajstić information content (AvgIpc) is 3.06. The number of rotatable bonds is 4. The first-order valence-corrected chi connectivity index (χ1v) is 6.89. The van der Waals surface area contributed by atoms with E-state index in [1.165, 1.54) is 6.07 Å². The molecule has 2 aliphatic heterocycles. The van der Waals surface area contributed by atoms with E-state index in [0.29, 0.717) is 0 Å². The maximum atomic E-state index is 14.3. The Bertz CT molecular complexity index is 1270. The van der Waals surface area contributed by atoms with Crippen LogP contribution in [0.1, 0.15) is 37.0 Å². The fraction of sp³-hybridized carbons (Fsp3) is 0.368. The molecule has 0 bridgehead atoms. The van der Waals surface area contributed by atoms with Crippen LogP contribution in [0.15, 0.2) is 42.4 Å². The van der Waals surface area contributed by atoms with Gasteiger partial charge in [0.25, 0.3) is 0 Å². The van der Waals surface area contributed by atoms with Crippen molar-refractivity contribution in [3.8, 4) is 17.2 Å². The molecule has 2 aliphatic rings. The van der Waals surface area contributed by atoms with Crippen molar-refractivity contribution < 1.29 is 37.8 Å². The molecule has 1 saturated heterocycles. The van der Waals surface area contributed by atoms with Crippen LogP contribution in [0.25, 0.3) is 0 Å². The summed E-state index contributed by atoms with van der Waals surface area (Å²) >= 11 is 0. The van der Waals surface area contributed by atoms with E-state index in [9.17, 15) is 4.39 Å². The van der Waals surface area contributed by atoms with Crippen LogP contribution in [0, 0.1) is 11.7 Å². The number of benzene rings is 2. The van der Waals surface area contributed by atoms with E-state index >= 15 is 0 Å². The van der Waals surface area contributed by atoms with E-state index in [1.807, 2.05) is 0 Å². The van der Waals surface area contributed by atoms with Gasteiger partial charge in [-0.05, 0) is 48.6 Å². The largest absolute Gasteiger partial charge is 0.493 e. The molecule has 2 aromatic rings. The van der Waals surface area contributed by atoms with Crippen LogP contribution >= 0.6 is 0 Å². The van der Waals surface area contributed by atoms with Gasteiger partial charge in [0.15, 0.2) is 11.5 Å². The molecule has 0 radical (unpaired) electrons. The summed E-state index contributed by atoms with van der Waals surface area (Å²) in [4.78, 5) is 0. The molecule has 1 fully saturated rings. The monoisotopic (exact) mass is 343 g/mol. The number of fused-ring (bicyclic) bond motifs is 1. The highest BCUT2D eigenvalue weighted by atomic mass is 19.1. The molecule has 126 valence electrons. The molecule has 0 aromatic heterocycles. The van der Waals surface area contributed by atoms with Gasteiger partial charge in [0.2, 0.25) is 6.75 Å². The highest BCUT2D eigenvalue weighted by Crippen LogP contribution is 2.36. The molecule has 4 nitrogen and oxygen atoms in total. The molecule has 0 spiro atoms. The summed E-state index contributed by atoms with van der Waals surface area (Å²) in [6, 6.07) is -1.36. The predicted molar refractivity (Wildman–Crippen MR) is 88.2 cm³/mol. The molecule has 5 heteroatoms. The second-order valence-electron chi connectivity index (χ2n) is 4.84. The molecule has 0 saturated carbocycles. The van der Waals surface area contributed by atoms with Crippen LogP contribution in [0.5, 0.6) is 17.2 Å². The Labute approximate surface area is 160 Å². The van der Waals surface area contributed by atoms with Crippen molar-refractivity contribution in [2.45, 2.75) is 12.3 Å². The lowest BCUT2D eigenvalue weighted by Crippen LogP contribution is -2.38. The van der Waals surface area contributed by atoms with E-state index in [2.05, 4.69) is 0 Å². The van der Waals surface area contributed by atoms with Crippen molar-refractivity contribution in [2.75, 3.05) is 26.3 Å². The molecule has 2 aromatic carbocycles. The highest BCUT2D eigenvalue weighted by molar-refractivity contribution is 5.46. The normalized spacial score (nSPS) is 39.9. The topological polar surface area (TPSA) is 39.7 Å². The Balaban J connectivity index is 1.89. The van der Waals surface area contributed by atoms with E-state index in [-0.39, 0.29) is 17.2 Å². The third kappa shape index (κ3) is 3.17. The number of nitrogens with one attached hydrogen (secondary N) is 1. The fourth-order valence-electron chi connectivity index (χ4n) is 2.15. The minimum atomic E-state index is -3.28. The molecule has 0 aliphatic carbocycles. The van der Waals surface area contributed by atoms with E-state index < -0.39 is 80.1 Å². The fourth-order valence-corrected chi connectivity index (χ4v) is 2.15. The van der Waals surface area contributed by atoms with E-state index in [1.54, 1.807) is 5.32 Å². The number of hydrogen-bond donors (Lipinski definition) is 1. The van der Waals surface area contributed by atoms with E-state index in [0.717, 1.165) is 12.1 Å². The summed E-state index contributed by atoms with van der Waals surface area (Å²) in [5.41, 5.74) is -0.933. The summed E-state index contributed by atoms with van der Waals surface area (Å²) in [5.74, 6) is -6.91. The number of ether oxygens (including phenoxy) is 3. The van der Waals surface area contributed by atoms with Crippen molar-refractivity contribution in [1.82, 2.24) is 5.32 Å². The smallest absolute Gasteiger partial charge is 0.231 e. The van der Waals surface area contributed by atoms with Gasteiger partial charge in [-0.3, -0.25) is 0 Å². The van der Waals surface area contributed by atoms with Gasteiger partial charge in [0, 0.05) is 26.7 Å². The lowest BCUT2D eigenvalue weighted by atomic mass is 9.81. The second kappa shape index (κ2) is 6.69. The van der Waals surface area contributed by atoms with Crippen LogP contribution < -0.4 is 19.5 Å². The molecule has 4 rings (SSSR count). The van der Waals surface area contributed by atoms with Crippen molar-refractivity contribution >= 4 is 0 Å². The SMILES string of the molecule is [2H]c1c([2H])c(C2[C@H](C([2H])([2H])Oc3ccc4c(c3)OC([2H])([2H])O4)C([2H])([2H])NC([2H])([2H])C2([2H])[2H])c([2H])c([2H])c1F. The summed E-state index contributed by atoms with van der Waals surface area (Å²) in [6.07, 6.45) is -3.28. The first kappa shape index (κ1) is 6.23. The Morgan fingerprint density at radius 2 is 2.12 bits per heavy atom. The van der Waals surface area contributed by atoms with Crippen LogP contribution in [0.4, 0.5) is 4.39 Å². The second-order valence-corrected chi connectivity index (χ2v) is 4.84. The average molecular weight is 343 g/mol. The van der Waals surface area contributed by atoms with Gasteiger partial charge in [0.1, 0.15) is 14.3 Å². The van der Waals surface area contributed by atoms with Crippen molar-refractivity contribution in [3.63, 3.8) is 0 Å². The van der Waals surface area contributed by atoms with Gasteiger partial charge in [-0.2, -0.15) is 0 Å². The molecular weight excluding hydrogens is 309 g/mol. The molecule has 0 amide bonds.